The fraction of sp³-hybridized carbons (Fsp3) is 0. The van der Waals surface area contributed by atoms with Crippen LogP contribution in [-0.4, -0.2) is 10.2 Å². The van der Waals surface area contributed by atoms with Crippen molar-refractivity contribution in [2.45, 2.75) is 0 Å². The Morgan fingerprint density at radius 1 is 0.933 bits per heavy atom. The van der Waals surface area contributed by atoms with E-state index in [1.54, 1.807) is 6.07 Å². The lowest BCUT2D eigenvalue weighted by Gasteiger charge is -2.00. The number of halogens is 2. The normalized spacial score (nSPS) is 10.3. The van der Waals surface area contributed by atoms with E-state index in [2.05, 4.69) is 10.2 Å². The van der Waals surface area contributed by atoms with Gasteiger partial charge in [0, 0.05) is 11.6 Å². The lowest BCUT2D eigenvalue weighted by molar-refractivity contribution is 0.584. The minimum atomic E-state index is -0.649. The molecule has 76 valence electrons. The maximum atomic E-state index is 12.9. The number of benzene rings is 1. The van der Waals surface area contributed by atoms with Crippen molar-refractivity contribution in [3.05, 3.63) is 42.0 Å². The molecule has 0 bridgehead atoms. The second-order valence-electron chi connectivity index (χ2n) is 3.00. The van der Waals surface area contributed by atoms with E-state index in [1.165, 1.54) is 18.2 Å². The van der Waals surface area contributed by atoms with Crippen LogP contribution in [0.3, 0.4) is 0 Å². The van der Waals surface area contributed by atoms with Gasteiger partial charge in [0.05, 0.1) is 5.69 Å². The molecule has 0 spiro atoms. The van der Waals surface area contributed by atoms with E-state index in [-0.39, 0.29) is 5.82 Å². The van der Waals surface area contributed by atoms with Crippen molar-refractivity contribution in [3.63, 3.8) is 0 Å². The summed E-state index contributed by atoms with van der Waals surface area (Å²) in [5, 5.41) is 7.32. The molecule has 2 N–H and O–H groups in total. The summed E-state index contributed by atoms with van der Waals surface area (Å²) < 4.78 is 25.8. The van der Waals surface area contributed by atoms with Gasteiger partial charge in [0.1, 0.15) is 17.5 Å². The third-order valence-electron chi connectivity index (χ3n) is 1.84. The molecule has 5 heteroatoms. The summed E-state index contributed by atoms with van der Waals surface area (Å²) in [4.78, 5) is 0. The zero-order valence-corrected chi connectivity index (χ0v) is 7.61. The number of hydrogen-bond donors (Lipinski definition) is 1. The molecule has 1 heterocycles. The summed E-state index contributed by atoms with van der Waals surface area (Å²) in [7, 11) is 0. The van der Waals surface area contributed by atoms with Crippen LogP contribution in [0.2, 0.25) is 0 Å². The number of nitrogens with two attached hydrogens (primary N) is 1. The maximum Gasteiger partial charge on any atom is 0.146 e. The number of rotatable bonds is 1. The van der Waals surface area contributed by atoms with Crippen LogP contribution in [0.1, 0.15) is 0 Å². The molecule has 0 atom stereocenters. The smallest absolute Gasteiger partial charge is 0.146 e. The van der Waals surface area contributed by atoms with Crippen molar-refractivity contribution < 1.29 is 8.78 Å². The van der Waals surface area contributed by atoms with E-state index in [4.69, 9.17) is 5.73 Å². The van der Waals surface area contributed by atoms with Gasteiger partial charge in [-0.3, -0.25) is 0 Å². The average molecular weight is 207 g/mol. The third kappa shape index (κ3) is 2.07. The van der Waals surface area contributed by atoms with Gasteiger partial charge in [-0.2, -0.15) is 0 Å². The van der Waals surface area contributed by atoms with E-state index < -0.39 is 11.6 Å². The Bertz CT molecular complexity index is 462. The van der Waals surface area contributed by atoms with Crippen molar-refractivity contribution in [3.8, 4) is 11.3 Å². The number of aromatic nitrogens is 2. The summed E-state index contributed by atoms with van der Waals surface area (Å²) in [5.74, 6) is -1.04. The SMILES string of the molecule is Nc1ccc(-c2cc(F)cc(F)c2)nn1. The molecule has 0 fully saturated rings. The topological polar surface area (TPSA) is 51.8 Å². The first-order valence-electron chi connectivity index (χ1n) is 4.21. The average Bonchev–Trinajstić information content (AvgIpc) is 2.17. The number of nitrogen functional groups attached to an aromatic ring is 1. The van der Waals surface area contributed by atoms with Crippen LogP contribution >= 0.6 is 0 Å². The molecule has 2 rings (SSSR count). The first-order valence-corrected chi connectivity index (χ1v) is 4.21. The highest BCUT2D eigenvalue weighted by atomic mass is 19.1. The molecule has 3 nitrogen and oxygen atoms in total. The summed E-state index contributed by atoms with van der Waals surface area (Å²) in [6, 6.07) is 6.24. The largest absolute Gasteiger partial charge is 0.382 e. The van der Waals surface area contributed by atoms with Gasteiger partial charge in [-0.25, -0.2) is 8.78 Å². The minimum absolute atomic E-state index is 0.260. The Hall–Kier alpha value is -2.04. The molecule has 15 heavy (non-hydrogen) atoms. The molecule has 2 aromatic rings. The van der Waals surface area contributed by atoms with Crippen LogP contribution in [0.5, 0.6) is 0 Å². The highest BCUT2D eigenvalue weighted by molar-refractivity contribution is 5.59. The van der Waals surface area contributed by atoms with Gasteiger partial charge in [-0.15, -0.1) is 10.2 Å². The van der Waals surface area contributed by atoms with E-state index in [1.807, 2.05) is 0 Å². The molecule has 0 saturated carbocycles. The quantitative estimate of drug-likeness (QED) is 0.778. The van der Waals surface area contributed by atoms with Crippen molar-refractivity contribution in [2.24, 2.45) is 0 Å². The highest BCUT2D eigenvalue weighted by Crippen LogP contribution is 2.19. The second-order valence-corrected chi connectivity index (χ2v) is 3.00. The molecule has 0 aliphatic carbocycles. The summed E-state index contributed by atoms with van der Waals surface area (Å²) in [6.45, 7) is 0. The van der Waals surface area contributed by atoms with Crippen LogP contribution in [0.4, 0.5) is 14.6 Å². The Labute approximate surface area is 84.6 Å². The first kappa shape index (κ1) is 9.51. The molecule has 0 amide bonds. The van der Waals surface area contributed by atoms with E-state index >= 15 is 0 Å². The Morgan fingerprint density at radius 3 is 2.13 bits per heavy atom. The molecule has 1 aromatic carbocycles. The van der Waals surface area contributed by atoms with Gasteiger partial charge < -0.3 is 5.73 Å². The first-order chi connectivity index (χ1) is 7.15. The lowest BCUT2D eigenvalue weighted by atomic mass is 10.1. The van der Waals surface area contributed by atoms with Crippen LogP contribution in [-0.2, 0) is 0 Å². The van der Waals surface area contributed by atoms with Crippen LogP contribution in [0.25, 0.3) is 11.3 Å². The minimum Gasteiger partial charge on any atom is -0.382 e. The Balaban J connectivity index is 2.49. The van der Waals surface area contributed by atoms with E-state index in [9.17, 15) is 8.78 Å². The van der Waals surface area contributed by atoms with Crippen molar-refractivity contribution in [1.29, 1.82) is 0 Å². The van der Waals surface area contributed by atoms with Gasteiger partial charge >= 0.3 is 0 Å². The van der Waals surface area contributed by atoms with E-state index in [0.29, 0.717) is 11.3 Å². The molecular weight excluding hydrogens is 200 g/mol. The molecule has 0 radical (unpaired) electrons. The van der Waals surface area contributed by atoms with Gasteiger partial charge in [0.25, 0.3) is 0 Å². The number of anilines is 1. The van der Waals surface area contributed by atoms with Crippen LogP contribution in [0.15, 0.2) is 30.3 Å². The van der Waals surface area contributed by atoms with Crippen LogP contribution in [0, 0.1) is 11.6 Å². The predicted octanol–water partition coefficient (Wildman–Crippen LogP) is 2.00. The molecule has 0 saturated heterocycles. The molecular formula is C10H7F2N3. The zero-order valence-electron chi connectivity index (χ0n) is 7.61. The zero-order chi connectivity index (χ0) is 10.8. The van der Waals surface area contributed by atoms with Gasteiger partial charge in [-0.05, 0) is 24.3 Å². The lowest BCUT2D eigenvalue weighted by Crippen LogP contribution is -1.94. The molecule has 0 aliphatic heterocycles. The number of hydrogen-bond acceptors (Lipinski definition) is 3. The fourth-order valence-corrected chi connectivity index (χ4v) is 1.20. The van der Waals surface area contributed by atoms with E-state index in [0.717, 1.165) is 6.07 Å². The Kier molecular flexibility index (Phi) is 2.29. The predicted molar refractivity (Wildman–Crippen MR) is 51.8 cm³/mol. The molecule has 0 aliphatic rings. The van der Waals surface area contributed by atoms with Crippen molar-refractivity contribution >= 4 is 5.82 Å². The standard InChI is InChI=1S/C10H7F2N3/c11-7-3-6(4-8(12)5-7)9-1-2-10(13)15-14-9/h1-5H,(H2,13,15). The molecule has 1 aromatic heterocycles. The summed E-state index contributed by atoms with van der Waals surface area (Å²) >= 11 is 0. The van der Waals surface area contributed by atoms with Crippen molar-refractivity contribution in [2.75, 3.05) is 5.73 Å². The van der Waals surface area contributed by atoms with Gasteiger partial charge in [0.2, 0.25) is 0 Å². The fourth-order valence-electron chi connectivity index (χ4n) is 1.20. The summed E-state index contributed by atoms with van der Waals surface area (Å²) in [5.41, 5.74) is 6.05. The maximum absolute atomic E-state index is 12.9. The summed E-state index contributed by atoms with van der Waals surface area (Å²) in [6.07, 6.45) is 0. The Morgan fingerprint density at radius 2 is 1.60 bits per heavy atom. The number of nitrogens with zero attached hydrogens (tertiary/aromatic N) is 2. The molecule has 0 unspecified atom stereocenters. The highest BCUT2D eigenvalue weighted by Gasteiger charge is 2.04. The monoisotopic (exact) mass is 207 g/mol. The third-order valence-corrected chi connectivity index (χ3v) is 1.84. The van der Waals surface area contributed by atoms with Crippen molar-refractivity contribution in [1.82, 2.24) is 10.2 Å². The second kappa shape index (κ2) is 3.61. The van der Waals surface area contributed by atoms with Gasteiger partial charge in [-0.1, -0.05) is 0 Å². The van der Waals surface area contributed by atoms with Gasteiger partial charge in [0.15, 0.2) is 0 Å². The van der Waals surface area contributed by atoms with Crippen LogP contribution < -0.4 is 5.73 Å².